The van der Waals surface area contributed by atoms with Gasteiger partial charge in [0.15, 0.2) is 0 Å². The van der Waals surface area contributed by atoms with Crippen LogP contribution in [0.3, 0.4) is 0 Å². The SMILES string of the molecule is CCOC(=O)COC(C)(C)c1cc2nn([C@H]3CC[C@H](CO)CC3)cc2cc1NC(=O)c1cccc(C(F)(F)F)n1. The summed E-state index contributed by atoms with van der Waals surface area (Å²) in [6.07, 6.45) is 0.684. The second kappa shape index (κ2) is 11.9. The number of amides is 1. The van der Waals surface area contributed by atoms with Crippen LogP contribution < -0.4 is 5.32 Å². The highest BCUT2D eigenvalue weighted by molar-refractivity contribution is 6.04. The number of nitrogens with one attached hydrogen (secondary N) is 1. The van der Waals surface area contributed by atoms with E-state index >= 15 is 0 Å². The predicted molar refractivity (Wildman–Crippen MR) is 141 cm³/mol. The van der Waals surface area contributed by atoms with Crippen molar-refractivity contribution >= 4 is 28.5 Å². The molecule has 2 N–H and O–H groups in total. The Morgan fingerprint density at radius 3 is 2.52 bits per heavy atom. The van der Waals surface area contributed by atoms with Crippen LogP contribution in [0.2, 0.25) is 0 Å². The summed E-state index contributed by atoms with van der Waals surface area (Å²) < 4.78 is 52.3. The number of aliphatic hydroxyl groups excluding tert-OH is 1. The molecule has 0 atom stereocenters. The minimum absolute atomic E-state index is 0.152. The zero-order valence-electron chi connectivity index (χ0n) is 22.6. The van der Waals surface area contributed by atoms with Crippen molar-refractivity contribution in [1.29, 1.82) is 0 Å². The van der Waals surface area contributed by atoms with Crippen LogP contribution in [0.4, 0.5) is 18.9 Å². The van der Waals surface area contributed by atoms with Gasteiger partial charge in [0.1, 0.15) is 18.0 Å². The number of halogens is 3. The molecule has 216 valence electrons. The van der Waals surface area contributed by atoms with Crippen molar-refractivity contribution in [1.82, 2.24) is 14.8 Å². The van der Waals surface area contributed by atoms with Gasteiger partial charge < -0.3 is 19.9 Å². The van der Waals surface area contributed by atoms with Gasteiger partial charge in [0, 0.05) is 29.4 Å². The maximum Gasteiger partial charge on any atom is 0.433 e. The fourth-order valence-electron chi connectivity index (χ4n) is 4.90. The number of ether oxygens (including phenoxy) is 2. The number of nitrogens with zero attached hydrogens (tertiary/aromatic N) is 3. The molecule has 2 heterocycles. The van der Waals surface area contributed by atoms with Crippen LogP contribution in [0, 0.1) is 5.92 Å². The smallest absolute Gasteiger partial charge is 0.433 e. The van der Waals surface area contributed by atoms with E-state index in [4.69, 9.17) is 14.6 Å². The molecule has 1 fully saturated rings. The number of hydrogen-bond acceptors (Lipinski definition) is 7. The van der Waals surface area contributed by atoms with Gasteiger partial charge in [-0.1, -0.05) is 6.07 Å². The first-order chi connectivity index (χ1) is 18.9. The van der Waals surface area contributed by atoms with E-state index in [1.165, 1.54) is 6.07 Å². The summed E-state index contributed by atoms with van der Waals surface area (Å²) in [4.78, 5) is 28.5. The van der Waals surface area contributed by atoms with Crippen LogP contribution in [-0.4, -0.2) is 51.6 Å². The summed E-state index contributed by atoms with van der Waals surface area (Å²) in [5.41, 5.74) is -1.31. The van der Waals surface area contributed by atoms with Crippen molar-refractivity contribution in [3.63, 3.8) is 0 Å². The Kier molecular flexibility index (Phi) is 8.79. The Hall–Kier alpha value is -3.51. The van der Waals surface area contributed by atoms with Crippen molar-refractivity contribution in [2.24, 2.45) is 5.92 Å². The normalized spacial score (nSPS) is 18.1. The maximum atomic E-state index is 13.2. The number of carbonyl (C=O) groups excluding carboxylic acids is 2. The van der Waals surface area contributed by atoms with Crippen molar-refractivity contribution in [2.75, 3.05) is 25.1 Å². The van der Waals surface area contributed by atoms with Gasteiger partial charge in [-0.3, -0.25) is 9.48 Å². The molecule has 1 aromatic carbocycles. The quantitative estimate of drug-likeness (QED) is 0.343. The lowest BCUT2D eigenvalue weighted by atomic mass is 9.87. The van der Waals surface area contributed by atoms with Gasteiger partial charge in [0.25, 0.3) is 5.91 Å². The number of fused-ring (bicyclic) bond motifs is 1. The van der Waals surface area contributed by atoms with Gasteiger partial charge >= 0.3 is 12.1 Å². The molecule has 0 radical (unpaired) electrons. The third-order valence-corrected chi connectivity index (χ3v) is 7.14. The molecule has 1 saturated carbocycles. The van der Waals surface area contributed by atoms with Crippen LogP contribution in [0.25, 0.3) is 10.9 Å². The minimum Gasteiger partial charge on any atom is -0.464 e. The molecular formula is C28H33F3N4O5. The Balaban J connectivity index is 1.69. The minimum atomic E-state index is -4.70. The molecule has 0 aliphatic heterocycles. The highest BCUT2D eigenvalue weighted by atomic mass is 19.4. The van der Waals surface area contributed by atoms with Crippen LogP contribution in [-0.2, 0) is 26.0 Å². The molecule has 9 nitrogen and oxygen atoms in total. The van der Waals surface area contributed by atoms with Crippen LogP contribution in [0.5, 0.6) is 0 Å². The lowest BCUT2D eigenvalue weighted by Gasteiger charge is -2.28. The molecule has 0 bridgehead atoms. The van der Waals surface area contributed by atoms with Crippen LogP contribution in [0.1, 0.15) is 74.2 Å². The highest BCUT2D eigenvalue weighted by Gasteiger charge is 2.33. The van der Waals surface area contributed by atoms with Crippen molar-refractivity contribution < 1.29 is 37.3 Å². The number of hydrogen-bond donors (Lipinski definition) is 2. The summed E-state index contributed by atoms with van der Waals surface area (Å²) in [5, 5.41) is 17.6. The zero-order chi connectivity index (χ0) is 29.1. The largest absolute Gasteiger partial charge is 0.464 e. The van der Waals surface area contributed by atoms with E-state index in [-0.39, 0.29) is 37.5 Å². The van der Waals surface area contributed by atoms with E-state index < -0.39 is 35.0 Å². The van der Waals surface area contributed by atoms with E-state index in [0.29, 0.717) is 16.5 Å². The molecule has 12 heteroatoms. The van der Waals surface area contributed by atoms with Gasteiger partial charge in [-0.25, -0.2) is 9.78 Å². The monoisotopic (exact) mass is 562 g/mol. The molecule has 3 aromatic rings. The molecule has 0 saturated heterocycles. The summed E-state index contributed by atoms with van der Waals surface area (Å²) >= 11 is 0. The molecule has 1 aliphatic carbocycles. The number of aromatic nitrogens is 3. The van der Waals surface area contributed by atoms with E-state index in [1.54, 1.807) is 32.9 Å². The summed E-state index contributed by atoms with van der Waals surface area (Å²) in [6, 6.07) is 6.70. The van der Waals surface area contributed by atoms with Gasteiger partial charge in [-0.15, -0.1) is 0 Å². The summed E-state index contributed by atoms with van der Waals surface area (Å²) in [7, 11) is 0. The molecule has 0 spiro atoms. The fraction of sp³-hybridized carbons (Fsp3) is 0.500. The molecule has 4 rings (SSSR count). The summed E-state index contributed by atoms with van der Waals surface area (Å²) in [5.74, 6) is -1.10. The van der Waals surface area contributed by atoms with Crippen molar-refractivity contribution in [3.05, 3.63) is 53.5 Å². The number of rotatable bonds is 9. The first-order valence-electron chi connectivity index (χ1n) is 13.2. The molecule has 1 amide bonds. The number of pyridine rings is 1. The number of aliphatic hydroxyl groups is 1. The third kappa shape index (κ3) is 6.79. The average Bonchev–Trinajstić information content (AvgIpc) is 3.34. The van der Waals surface area contributed by atoms with Crippen LogP contribution >= 0.6 is 0 Å². The highest BCUT2D eigenvalue weighted by Crippen LogP contribution is 2.37. The molecule has 0 unspecified atom stereocenters. The van der Waals surface area contributed by atoms with Crippen molar-refractivity contribution in [2.45, 2.75) is 64.3 Å². The third-order valence-electron chi connectivity index (χ3n) is 7.14. The van der Waals surface area contributed by atoms with Gasteiger partial charge in [0.05, 0.1) is 23.8 Å². The Bertz CT molecular complexity index is 1360. The molecule has 1 aliphatic rings. The first-order valence-corrected chi connectivity index (χ1v) is 13.2. The number of benzene rings is 1. The first kappa shape index (κ1) is 29.5. The van der Waals surface area contributed by atoms with E-state index in [9.17, 15) is 27.9 Å². The molecule has 40 heavy (non-hydrogen) atoms. The van der Waals surface area contributed by atoms with E-state index in [0.717, 1.165) is 37.8 Å². The number of alkyl halides is 3. The van der Waals surface area contributed by atoms with E-state index in [1.807, 2.05) is 10.9 Å². The maximum absolute atomic E-state index is 13.2. The van der Waals surface area contributed by atoms with Gasteiger partial charge in [-0.05, 0) is 76.6 Å². The lowest BCUT2D eigenvalue weighted by Crippen LogP contribution is -2.28. The second-order valence-corrected chi connectivity index (χ2v) is 10.4. The average molecular weight is 563 g/mol. The predicted octanol–water partition coefficient (Wildman–Crippen LogP) is 5.24. The van der Waals surface area contributed by atoms with E-state index in [2.05, 4.69) is 10.3 Å². The topological polar surface area (TPSA) is 116 Å². The Labute approximate surface area is 229 Å². The van der Waals surface area contributed by atoms with Gasteiger partial charge in [0.2, 0.25) is 0 Å². The second-order valence-electron chi connectivity index (χ2n) is 10.4. The van der Waals surface area contributed by atoms with Crippen LogP contribution in [0.15, 0.2) is 36.5 Å². The fourth-order valence-corrected chi connectivity index (χ4v) is 4.90. The van der Waals surface area contributed by atoms with Crippen molar-refractivity contribution in [3.8, 4) is 0 Å². The van der Waals surface area contributed by atoms with Gasteiger partial charge in [-0.2, -0.15) is 18.3 Å². The zero-order valence-corrected chi connectivity index (χ0v) is 22.6. The Morgan fingerprint density at radius 1 is 1.15 bits per heavy atom. The Morgan fingerprint density at radius 2 is 1.88 bits per heavy atom. The number of esters is 1. The molecular weight excluding hydrogens is 529 g/mol. The number of anilines is 1. The molecule has 2 aromatic heterocycles. The summed E-state index contributed by atoms with van der Waals surface area (Å²) in [6.45, 7) is 5.11. The number of carbonyl (C=O) groups is 2. The lowest BCUT2D eigenvalue weighted by molar-refractivity contribution is -0.154. The standard InChI is InChI=1S/C28H33F3N4O5/c1-4-39-25(37)16-40-27(2,3)20-13-22-18(14-35(34-22)19-10-8-17(15-36)9-11-19)12-23(20)33-26(38)21-6-5-7-24(32-21)28(29,30)31/h5-7,12-14,17,19,36H,4,8-11,15-16H2,1-3H3,(H,33,38)/t17-,19-.